The first-order valence-electron chi connectivity index (χ1n) is 47.0. The third kappa shape index (κ3) is 37.3. The van der Waals surface area contributed by atoms with E-state index < -0.39 is 59.3 Å². The Balaban J connectivity index is 0.000000247. The number of anilines is 1. The van der Waals surface area contributed by atoms with E-state index in [0.717, 1.165) is 53.0 Å². The first-order valence-corrected chi connectivity index (χ1v) is 52.1. The molecule has 0 saturated heterocycles. The molecule has 0 aliphatic carbocycles. The number of benzene rings is 3. The second-order valence-corrected chi connectivity index (χ2v) is 42.6. The standard InChI is InChI=1S/C16H24N3O5P.C15H23N4O5P.C15H25N.C14H20N3O3P.C14H21NO.2C13H18N4/c1-5-15(12(4)24-25(21,22)23)19-16(20)18(10-17-19)14-8-6-13(7-9-14)11(2)3;1-5-13(11(4)24-25(21,22)23)19-15(20)18(9-17-19)14-7-6-12(8-16-14)10(2)3;1-11(2)13-7-8-14(16-10-13)12(3)9-15(4,5)6;1-10(2)12-5-7-13(8-6-12)17-9-14(15-16-17)11(3)20-21(4,18)19;1-5-11(4)14(16)15-13-8-6-12(7-9-13)10(2)3;2*1-9(2)11-5-6-13(14-7-11)17-8-12(10(3)4)15-16-17/h6-12,15H,5H2,1-4H3,(H2,21,22,23);6-11,13H,5H2,1-4H3,(H2,21,22,23);7-8,10-12H,9H2,1-6H3;5-11H,1-4H3,(H,18,19);6-11H,5H2,1-4H3,(H,15,16);2*5-10H,1-4H3/t12-,15+;11-,13+;;;;;/m11...../s1. The van der Waals surface area contributed by atoms with Gasteiger partial charge in [-0.3, -0.25) is 27.9 Å². The minimum atomic E-state index is -4.65. The molecule has 12 rings (SSSR count). The van der Waals surface area contributed by atoms with Crippen molar-refractivity contribution in [3.05, 3.63) is 260 Å². The van der Waals surface area contributed by atoms with E-state index in [1.54, 1.807) is 53.3 Å². The maximum atomic E-state index is 12.7. The van der Waals surface area contributed by atoms with Crippen LogP contribution in [-0.2, 0) is 32.1 Å². The first kappa shape index (κ1) is 115. The van der Waals surface area contributed by atoms with Crippen molar-refractivity contribution in [1.82, 2.24) is 93.6 Å². The van der Waals surface area contributed by atoms with E-state index in [-0.39, 0.29) is 17.5 Å². The first-order chi connectivity index (χ1) is 64.0. The minimum Gasteiger partial charge on any atom is -0.326 e. The quantitative estimate of drug-likeness (QED) is 0.0213. The lowest BCUT2D eigenvalue weighted by Crippen LogP contribution is -2.33. The van der Waals surface area contributed by atoms with Crippen molar-refractivity contribution in [2.75, 3.05) is 12.0 Å². The summed E-state index contributed by atoms with van der Waals surface area (Å²) in [6.07, 6.45) is 16.4. The average Bonchev–Trinajstić information content (AvgIpc) is 1.66. The Labute approximate surface area is 808 Å². The average molecular weight is 1950 g/mol. The number of phosphoric acid groups is 2. The second kappa shape index (κ2) is 53.0. The molecule has 3 aromatic carbocycles. The van der Waals surface area contributed by atoms with Gasteiger partial charge in [0.15, 0.2) is 11.6 Å². The fraction of sp³-hybridized carbons (Fsp3) is 0.510. The fourth-order valence-corrected chi connectivity index (χ4v) is 15.6. The molecule has 9 aromatic heterocycles. The normalized spacial score (nSPS) is 13.8. The Morgan fingerprint density at radius 3 is 1.05 bits per heavy atom. The predicted octanol–water partition coefficient (Wildman–Crippen LogP) is 22.2. The van der Waals surface area contributed by atoms with Gasteiger partial charge in [-0.2, -0.15) is 10.2 Å². The molecule has 4 unspecified atom stereocenters. The molecule has 12 aromatic rings. The van der Waals surface area contributed by atoms with Crippen molar-refractivity contribution in [3.8, 4) is 28.8 Å². The lowest BCUT2D eigenvalue weighted by atomic mass is 9.84. The van der Waals surface area contributed by atoms with E-state index in [9.17, 15) is 33.0 Å². The number of nitrogens with one attached hydrogen (secondary N) is 1. The molecule has 0 fully saturated rings. The van der Waals surface area contributed by atoms with Crippen molar-refractivity contribution in [3.63, 3.8) is 0 Å². The van der Waals surface area contributed by atoms with E-state index in [1.165, 1.54) is 90.5 Å². The molecule has 6 N–H and O–H groups in total. The van der Waals surface area contributed by atoms with Crippen LogP contribution >= 0.6 is 23.2 Å². The van der Waals surface area contributed by atoms with Crippen LogP contribution in [0.25, 0.3) is 28.8 Å². The molecule has 0 saturated carbocycles. The zero-order valence-corrected chi connectivity index (χ0v) is 88.2. The van der Waals surface area contributed by atoms with Gasteiger partial charge >= 0.3 is 34.6 Å². The second-order valence-electron chi connectivity index (χ2n) is 38.4. The zero-order valence-electron chi connectivity index (χ0n) is 85.6. The van der Waals surface area contributed by atoms with Gasteiger partial charge < -0.3 is 29.8 Å². The van der Waals surface area contributed by atoms with Crippen LogP contribution in [0.2, 0.25) is 0 Å². The highest BCUT2D eigenvalue weighted by atomic mass is 31.2. The molecule has 9 heterocycles. The highest BCUT2D eigenvalue weighted by Crippen LogP contribution is 2.44. The van der Waals surface area contributed by atoms with Crippen LogP contribution in [0.1, 0.15) is 366 Å². The van der Waals surface area contributed by atoms with Crippen molar-refractivity contribution in [2.45, 2.75) is 316 Å². The van der Waals surface area contributed by atoms with Crippen LogP contribution in [0.4, 0.5) is 5.69 Å². The van der Waals surface area contributed by atoms with Gasteiger partial charge in [-0.15, -0.1) is 15.3 Å². The van der Waals surface area contributed by atoms with E-state index in [0.29, 0.717) is 94.6 Å². The number of hydrogen-bond acceptors (Lipinski definition) is 21. The molecule has 37 heteroatoms. The monoisotopic (exact) mass is 1950 g/mol. The third-order valence-electron chi connectivity index (χ3n) is 22.5. The smallest absolute Gasteiger partial charge is 0.326 e. The van der Waals surface area contributed by atoms with Crippen molar-refractivity contribution in [2.24, 2.45) is 11.3 Å². The molecule has 8 atom stereocenters. The molecule has 0 bridgehead atoms. The number of amides is 1. The molecule has 0 aliphatic heterocycles. The summed E-state index contributed by atoms with van der Waals surface area (Å²) in [5.41, 5.74) is 14.3. The number of hydrogen-bond donors (Lipinski definition) is 6. The highest BCUT2D eigenvalue weighted by Gasteiger charge is 2.31. The number of rotatable bonds is 32. The Morgan fingerprint density at radius 1 is 0.387 bits per heavy atom. The largest absolute Gasteiger partial charge is 0.469 e. The lowest BCUT2D eigenvalue weighted by Gasteiger charge is -2.23. The van der Waals surface area contributed by atoms with Gasteiger partial charge in [0.1, 0.15) is 30.3 Å². The maximum Gasteiger partial charge on any atom is 0.469 e. The molecule has 137 heavy (non-hydrogen) atoms. The third-order valence-corrected chi connectivity index (χ3v) is 24.4. The van der Waals surface area contributed by atoms with Crippen LogP contribution < -0.4 is 16.7 Å². The summed E-state index contributed by atoms with van der Waals surface area (Å²) in [5.74, 6) is 6.84. The van der Waals surface area contributed by atoms with E-state index in [1.807, 2.05) is 112 Å². The number of nitrogens with zero attached hydrogens (tertiary/aromatic N) is 19. The van der Waals surface area contributed by atoms with Crippen LogP contribution in [0, 0.1) is 11.3 Å². The van der Waals surface area contributed by atoms with Gasteiger partial charge in [-0.05, 0) is 211 Å². The molecule has 34 nitrogen and oxygen atoms in total. The number of aromatic nitrogens is 19. The summed E-state index contributed by atoms with van der Waals surface area (Å²) in [4.78, 5) is 99.8. The zero-order chi connectivity index (χ0) is 102. The molecule has 0 spiro atoms. The van der Waals surface area contributed by atoms with Gasteiger partial charge in [0.2, 0.25) is 5.91 Å². The predicted molar refractivity (Wildman–Crippen MR) is 540 cm³/mol. The van der Waals surface area contributed by atoms with Crippen LogP contribution in [0.15, 0.2) is 187 Å². The van der Waals surface area contributed by atoms with Crippen molar-refractivity contribution < 1.29 is 56.5 Å². The highest BCUT2D eigenvalue weighted by molar-refractivity contribution is 7.51. The maximum absolute atomic E-state index is 12.7. The summed E-state index contributed by atoms with van der Waals surface area (Å²) in [5, 5.41) is 35.5. The minimum absolute atomic E-state index is 0.0739. The van der Waals surface area contributed by atoms with Crippen molar-refractivity contribution >= 4 is 34.8 Å². The Hall–Kier alpha value is -10.6. The topological polar surface area (TPSA) is 432 Å². The van der Waals surface area contributed by atoms with E-state index >= 15 is 0 Å². The Kier molecular flexibility index (Phi) is 44.5. The summed E-state index contributed by atoms with van der Waals surface area (Å²) in [6, 6.07) is 38.7. The summed E-state index contributed by atoms with van der Waals surface area (Å²) >= 11 is 0. The van der Waals surface area contributed by atoms with E-state index in [2.05, 4.69) is 267 Å². The number of carbonyl (C=O) groups excluding carboxylic acids is 1. The van der Waals surface area contributed by atoms with Crippen molar-refractivity contribution in [1.29, 1.82) is 0 Å². The Bertz CT molecular complexity index is 5650. The SMILES string of the molecule is CC(C)c1ccc(-n2cc(C(C)C)nn2)nc1.CC(C)c1ccc(-n2cc(C(C)C)nn2)nc1.CC(C)c1ccc(-n2cc(C(C)OP(C)(=O)O)nn2)cc1.CC(C)c1ccc(C(C)CC(C)(C)C)nc1.CCC(C)C(=O)Nc1ccc(C(C)C)cc1.CC[C@@H]([C@@H](C)OP(=O)(O)O)n1ncn(-c2ccc(C(C)C)cc2)c1=O.CC[C@@H]([C@@H](C)OP(=O)(O)O)n1ncn(-c2ccc(C(C)C)cn2)c1=O. The van der Waals surface area contributed by atoms with E-state index in [4.69, 9.17) is 33.1 Å². The summed E-state index contributed by atoms with van der Waals surface area (Å²) in [7, 11) is -12.8. The number of pyridine rings is 4. The molecular weight excluding hydrogens is 1800 g/mol. The van der Waals surface area contributed by atoms with Gasteiger partial charge in [0.25, 0.3) is 0 Å². The number of phosphoric ester groups is 2. The molecule has 748 valence electrons. The van der Waals surface area contributed by atoms with Crippen LogP contribution in [0.3, 0.4) is 0 Å². The molecular formula is C100H149N20O14P3. The van der Waals surface area contributed by atoms with Crippen LogP contribution in [0.5, 0.6) is 0 Å². The molecule has 1 amide bonds. The molecule has 0 radical (unpaired) electrons. The van der Waals surface area contributed by atoms with Gasteiger partial charge in [0, 0.05) is 48.8 Å². The fourth-order valence-electron chi connectivity index (χ4n) is 13.8. The van der Waals surface area contributed by atoms with Gasteiger partial charge in [-0.1, -0.05) is 256 Å². The summed E-state index contributed by atoms with van der Waals surface area (Å²) in [6.45, 7) is 60.8. The lowest BCUT2D eigenvalue weighted by molar-refractivity contribution is -0.119. The van der Waals surface area contributed by atoms with Gasteiger partial charge in [0.05, 0.1) is 65.6 Å². The number of carbonyl (C=O) groups is 1. The summed E-state index contributed by atoms with van der Waals surface area (Å²) < 4.78 is 57.9. The Morgan fingerprint density at radius 2 is 0.723 bits per heavy atom. The molecule has 0 aliphatic rings. The van der Waals surface area contributed by atoms with Crippen LogP contribution in [-0.4, -0.2) is 143 Å². The van der Waals surface area contributed by atoms with Gasteiger partial charge in [-0.25, -0.2) is 66.2 Å².